The van der Waals surface area contributed by atoms with E-state index in [2.05, 4.69) is 36.7 Å². The number of nitrogens with one attached hydrogen (secondary N) is 1. The van der Waals surface area contributed by atoms with Gasteiger partial charge in [0, 0.05) is 17.5 Å². The van der Waals surface area contributed by atoms with Gasteiger partial charge < -0.3 is 10.4 Å². The van der Waals surface area contributed by atoms with Crippen LogP contribution < -0.4 is 5.32 Å². The lowest BCUT2D eigenvalue weighted by Crippen LogP contribution is -2.24. The molecule has 0 amide bonds. The maximum Gasteiger partial charge on any atom is 0.335 e. The van der Waals surface area contributed by atoms with Crippen molar-refractivity contribution in [1.29, 1.82) is 0 Å². The molecule has 2 aromatic rings. The van der Waals surface area contributed by atoms with E-state index in [1.807, 2.05) is 12.1 Å². The van der Waals surface area contributed by atoms with Crippen molar-refractivity contribution in [3.05, 3.63) is 57.8 Å². The van der Waals surface area contributed by atoms with Crippen molar-refractivity contribution < 1.29 is 9.90 Å². The Morgan fingerprint density at radius 2 is 1.95 bits per heavy atom. The van der Waals surface area contributed by atoms with Gasteiger partial charge in [0.05, 0.1) is 5.56 Å². The van der Waals surface area contributed by atoms with E-state index in [9.17, 15) is 4.79 Å². The van der Waals surface area contributed by atoms with Gasteiger partial charge in [-0.1, -0.05) is 32.0 Å². The highest BCUT2D eigenvalue weighted by molar-refractivity contribution is 7.10. The molecule has 0 saturated carbocycles. The predicted octanol–water partition coefficient (Wildman–Crippen LogP) is 3.93. The van der Waals surface area contributed by atoms with Gasteiger partial charge in [0.15, 0.2) is 0 Å². The molecule has 0 fully saturated rings. The van der Waals surface area contributed by atoms with E-state index in [1.54, 1.807) is 23.5 Å². The first-order valence-corrected chi connectivity index (χ1v) is 7.55. The van der Waals surface area contributed by atoms with Gasteiger partial charge in [-0.3, -0.25) is 0 Å². The average molecular weight is 289 g/mol. The van der Waals surface area contributed by atoms with Gasteiger partial charge in [-0.25, -0.2) is 4.79 Å². The van der Waals surface area contributed by atoms with Gasteiger partial charge in [0.2, 0.25) is 0 Å². The molecule has 1 atom stereocenters. The maximum absolute atomic E-state index is 10.8. The van der Waals surface area contributed by atoms with Crippen LogP contribution in [-0.2, 0) is 6.54 Å². The van der Waals surface area contributed by atoms with E-state index in [0.717, 1.165) is 12.1 Å². The van der Waals surface area contributed by atoms with Crippen molar-refractivity contribution in [3.63, 3.8) is 0 Å². The highest BCUT2D eigenvalue weighted by atomic mass is 32.1. The highest BCUT2D eigenvalue weighted by Crippen LogP contribution is 2.26. The summed E-state index contributed by atoms with van der Waals surface area (Å²) in [5, 5.41) is 14.5. The van der Waals surface area contributed by atoms with Gasteiger partial charge in [-0.2, -0.15) is 0 Å². The van der Waals surface area contributed by atoms with Crippen LogP contribution >= 0.6 is 11.3 Å². The minimum atomic E-state index is -0.886. The molecule has 2 N–H and O–H groups in total. The number of hydrogen-bond acceptors (Lipinski definition) is 3. The molecule has 1 aromatic heterocycles. The normalized spacial score (nSPS) is 12.6. The Labute approximate surface area is 123 Å². The van der Waals surface area contributed by atoms with Crippen LogP contribution in [0, 0.1) is 5.92 Å². The van der Waals surface area contributed by atoms with Gasteiger partial charge in [0.25, 0.3) is 0 Å². The van der Waals surface area contributed by atoms with Crippen LogP contribution in [0.15, 0.2) is 41.8 Å². The van der Waals surface area contributed by atoms with Gasteiger partial charge in [-0.05, 0) is 35.1 Å². The lowest BCUT2D eigenvalue weighted by molar-refractivity contribution is 0.0697. The third-order valence-corrected chi connectivity index (χ3v) is 4.20. The van der Waals surface area contributed by atoms with Gasteiger partial charge >= 0.3 is 5.97 Å². The molecule has 1 aromatic carbocycles. The molecule has 0 aliphatic rings. The first kappa shape index (κ1) is 14.8. The van der Waals surface area contributed by atoms with Crippen molar-refractivity contribution in [2.45, 2.75) is 26.4 Å². The largest absolute Gasteiger partial charge is 0.478 e. The minimum absolute atomic E-state index is 0.326. The summed E-state index contributed by atoms with van der Waals surface area (Å²) in [4.78, 5) is 12.1. The Morgan fingerprint density at radius 1 is 1.25 bits per heavy atom. The van der Waals surface area contributed by atoms with Crippen LogP contribution in [0.2, 0.25) is 0 Å². The summed E-state index contributed by atoms with van der Waals surface area (Å²) in [6.07, 6.45) is 0. The second-order valence-electron chi connectivity index (χ2n) is 5.12. The third kappa shape index (κ3) is 3.68. The van der Waals surface area contributed by atoms with E-state index in [1.165, 1.54) is 4.88 Å². The lowest BCUT2D eigenvalue weighted by atomic mass is 10.0. The fourth-order valence-electron chi connectivity index (χ4n) is 2.13. The van der Waals surface area contributed by atoms with E-state index in [-0.39, 0.29) is 0 Å². The fraction of sp³-hybridized carbons (Fsp3) is 0.312. The zero-order valence-corrected chi connectivity index (χ0v) is 12.5. The first-order chi connectivity index (χ1) is 9.58. The molecule has 1 heterocycles. The molecule has 1 unspecified atom stereocenters. The molecule has 0 bridgehead atoms. The number of aromatic carboxylic acids is 1. The number of thiophene rings is 1. The predicted molar refractivity (Wildman–Crippen MR) is 82.1 cm³/mol. The van der Waals surface area contributed by atoms with Gasteiger partial charge in [0.1, 0.15) is 0 Å². The second kappa shape index (κ2) is 6.68. The van der Waals surface area contributed by atoms with Gasteiger partial charge in [-0.15, -0.1) is 11.3 Å². The second-order valence-corrected chi connectivity index (χ2v) is 6.10. The Kier molecular flexibility index (Phi) is 4.93. The fourth-order valence-corrected chi connectivity index (χ4v) is 3.10. The van der Waals surface area contributed by atoms with Crippen molar-refractivity contribution in [2.24, 2.45) is 5.92 Å². The van der Waals surface area contributed by atoms with Crippen molar-refractivity contribution in [3.8, 4) is 0 Å². The minimum Gasteiger partial charge on any atom is -0.478 e. The molecular formula is C16H19NO2S. The van der Waals surface area contributed by atoms with E-state index < -0.39 is 5.97 Å². The number of benzene rings is 1. The van der Waals surface area contributed by atoms with E-state index >= 15 is 0 Å². The van der Waals surface area contributed by atoms with Crippen molar-refractivity contribution in [2.75, 3.05) is 0 Å². The molecule has 0 spiro atoms. The van der Waals surface area contributed by atoms with Crippen LogP contribution in [0.1, 0.15) is 40.7 Å². The molecule has 0 radical (unpaired) electrons. The molecule has 4 heteroatoms. The number of carboxylic acids is 1. The molecule has 0 aliphatic heterocycles. The summed E-state index contributed by atoms with van der Waals surface area (Å²) in [6, 6.07) is 11.6. The average Bonchev–Trinajstić information content (AvgIpc) is 2.93. The molecule has 106 valence electrons. The van der Waals surface area contributed by atoms with E-state index in [0.29, 0.717) is 17.5 Å². The molecule has 0 saturated heterocycles. The lowest BCUT2D eigenvalue weighted by Gasteiger charge is -2.21. The van der Waals surface area contributed by atoms with Crippen LogP contribution in [0.3, 0.4) is 0 Å². The summed E-state index contributed by atoms with van der Waals surface area (Å²) >= 11 is 1.76. The summed E-state index contributed by atoms with van der Waals surface area (Å²) in [5.41, 5.74) is 1.42. The third-order valence-electron chi connectivity index (χ3n) is 3.24. The summed E-state index contributed by atoms with van der Waals surface area (Å²) < 4.78 is 0. The zero-order valence-electron chi connectivity index (χ0n) is 11.7. The molecule has 2 rings (SSSR count). The smallest absolute Gasteiger partial charge is 0.335 e. The quantitative estimate of drug-likeness (QED) is 0.847. The number of rotatable bonds is 6. The first-order valence-electron chi connectivity index (χ1n) is 6.67. The van der Waals surface area contributed by atoms with Crippen LogP contribution in [0.5, 0.6) is 0 Å². The van der Waals surface area contributed by atoms with Crippen LogP contribution in [-0.4, -0.2) is 11.1 Å². The summed E-state index contributed by atoms with van der Waals surface area (Å²) in [6.45, 7) is 5.14. The van der Waals surface area contributed by atoms with E-state index in [4.69, 9.17) is 5.11 Å². The molecular weight excluding hydrogens is 270 g/mol. The monoisotopic (exact) mass is 289 g/mol. The number of carboxylic acid groups (broad SMARTS) is 1. The van der Waals surface area contributed by atoms with Crippen molar-refractivity contribution in [1.82, 2.24) is 5.32 Å². The maximum atomic E-state index is 10.8. The Hall–Kier alpha value is -1.65. The highest BCUT2D eigenvalue weighted by Gasteiger charge is 2.16. The van der Waals surface area contributed by atoms with Crippen LogP contribution in [0.4, 0.5) is 0 Å². The molecule has 0 aliphatic carbocycles. The SMILES string of the molecule is CC(C)C(NCc1ccc(C(=O)O)cc1)c1cccs1. The standard InChI is InChI=1S/C16H19NO2S/c1-11(2)15(14-4-3-9-20-14)17-10-12-5-7-13(8-6-12)16(18)19/h3-9,11,15,17H,10H2,1-2H3,(H,18,19). The number of hydrogen-bond donors (Lipinski definition) is 2. The Bertz CT molecular complexity index is 546. The molecule has 20 heavy (non-hydrogen) atoms. The topological polar surface area (TPSA) is 49.3 Å². The Balaban J connectivity index is 2.01. The molecule has 3 nitrogen and oxygen atoms in total. The van der Waals surface area contributed by atoms with Crippen LogP contribution in [0.25, 0.3) is 0 Å². The van der Waals surface area contributed by atoms with Crippen molar-refractivity contribution >= 4 is 17.3 Å². The Morgan fingerprint density at radius 3 is 2.45 bits per heavy atom. The number of carbonyl (C=O) groups is 1. The summed E-state index contributed by atoms with van der Waals surface area (Å²) in [7, 11) is 0. The summed E-state index contributed by atoms with van der Waals surface area (Å²) in [5.74, 6) is -0.380. The zero-order chi connectivity index (χ0) is 14.5.